The molecule has 3 rings (SSSR count). The second-order valence-electron chi connectivity index (χ2n) is 6.42. The van der Waals surface area contributed by atoms with Crippen LogP contribution in [0.15, 0.2) is 18.2 Å². The zero-order valence-corrected chi connectivity index (χ0v) is 13.4. The van der Waals surface area contributed by atoms with Crippen molar-refractivity contribution in [2.75, 3.05) is 0 Å². The minimum atomic E-state index is 0.0266. The molecule has 2 N–H and O–H groups in total. The lowest BCUT2D eigenvalue weighted by atomic mass is 9.97. The lowest BCUT2D eigenvalue weighted by Crippen LogP contribution is -2.38. The van der Waals surface area contributed by atoms with Crippen LogP contribution in [-0.4, -0.2) is 26.9 Å². The molecule has 2 aromatic heterocycles. The van der Waals surface area contributed by atoms with Gasteiger partial charge in [-0.2, -0.15) is 0 Å². The number of pyridine rings is 1. The molecule has 1 amide bonds. The monoisotopic (exact) mass is 298 g/mol. The first-order valence-electron chi connectivity index (χ1n) is 7.77. The number of carbonyl (C=O) groups excluding carboxylic acids is 1. The predicted octanol–water partition coefficient (Wildman–Crippen LogP) is 2.63. The van der Waals surface area contributed by atoms with Gasteiger partial charge in [0.15, 0.2) is 5.65 Å². The standard InChI is InChI=1S/C17H22N4O/c1-9(2)12-5-6-13-11(8-15(22)18-12)7-14-17(19-13)21-16(20-14)10(3)4/h7,10,12H,1,5-6,8H2,2-4H3,(H,18,22)(H,19,20,21). The third-order valence-corrected chi connectivity index (χ3v) is 4.16. The number of nitrogens with zero attached hydrogens (tertiary/aromatic N) is 2. The van der Waals surface area contributed by atoms with Gasteiger partial charge in [-0.05, 0) is 31.4 Å². The fraction of sp³-hybridized carbons (Fsp3) is 0.471. The van der Waals surface area contributed by atoms with Crippen molar-refractivity contribution in [3.63, 3.8) is 0 Å². The van der Waals surface area contributed by atoms with Crippen LogP contribution < -0.4 is 5.32 Å². The molecule has 5 heteroatoms. The number of hydrogen-bond donors (Lipinski definition) is 2. The summed E-state index contributed by atoms with van der Waals surface area (Å²) in [7, 11) is 0. The highest BCUT2D eigenvalue weighted by Crippen LogP contribution is 2.22. The molecule has 1 aliphatic rings. The summed E-state index contributed by atoms with van der Waals surface area (Å²) < 4.78 is 0. The van der Waals surface area contributed by atoms with Crippen LogP contribution in [0.3, 0.4) is 0 Å². The van der Waals surface area contributed by atoms with Gasteiger partial charge in [0, 0.05) is 17.7 Å². The van der Waals surface area contributed by atoms with E-state index in [4.69, 9.17) is 4.98 Å². The fourth-order valence-corrected chi connectivity index (χ4v) is 2.82. The number of nitrogens with one attached hydrogen (secondary N) is 2. The third kappa shape index (κ3) is 2.75. The van der Waals surface area contributed by atoms with Gasteiger partial charge in [0.25, 0.3) is 0 Å². The summed E-state index contributed by atoms with van der Waals surface area (Å²) in [5, 5.41) is 3.04. The first-order chi connectivity index (χ1) is 10.4. The number of rotatable bonds is 2. The van der Waals surface area contributed by atoms with Crippen LogP contribution in [0.2, 0.25) is 0 Å². The van der Waals surface area contributed by atoms with Gasteiger partial charge in [-0.25, -0.2) is 9.97 Å². The molecule has 0 bridgehead atoms. The Labute approximate surface area is 130 Å². The van der Waals surface area contributed by atoms with Gasteiger partial charge in [0.05, 0.1) is 11.9 Å². The highest BCUT2D eigenvalue weighted by Gasteiger charge is 2.21. The molecule has 0 fully saturated rings. The number of fused-ring (bicyclic) bond motifs is 2. The van der Waals surface area contributed by atoms with Gasteiger partial charge in [0.2, 0.25) is 5.91 Å². The molecule has 3 heterocycles. The van der Waals surface area contributed by atoms with E-state index in [-0.39, 0.29) is 11.9 Å². The first-order valence-corrected chi connectivity index (χ1v) is 7.77. The van der Waals surface area contributed by atoms with Crippen LogP contribution in [0.5, 0.6) is 0 Å². The van der Waals surface area contributed by atoms with E-state index in [0.29, 0.717) is 12.3 Å². The molecule has 1 unspecified atom stereocenters. The lowest BCUT2D eigenvalue weighted by Gasteiger charge is -2.22. The van der Waals surface area contributed by atoms with Crippen LogP contribution in [0.25, 0.3) is 11.2 Å². The quantitative estimate of drug-likeness (QED) is 0.837. The minimum Gasteiger partial charge on any atom is -0.349 e. The van der Waals surface area contributed by atoms with Gasteiger partial charge < -0.3 is 10.3 Å². The van der Waals surface area contributed by atoms with Crippen molar-refractivity contribution in [1.29, 1.82) is 0 Å². The van der Waals surface area contributed by atoms with E-state index in [1.807, 2.05) is 13.0 Å². The summed E-state index contributed by atoms with van der Waals surface area (Å²) in [4.78, 5) is 24.7. The van der Waals surface area contributed by atoms with E-state index >= 15 is 0 Å². The van der Waals surface area contributed by atoms with Crippen molar-refractivity contribution in [3.05, 3.63) is 35.3 Å². The third-order valence-electron chi connectivity index (χ3n) is 4.16. The Balaban J connectivity index is 2.01. The molecule has 0 spiro atoms. The van der Waals surface area contributed by atoms with Crippen LogP contribution in [0.1, 0.15) is 50.2 Å². The molecule has 0 aromatic carbocycles. The van der Waals surface area contributed by atoms with Crippen LogP contribution in [0, 0.1) is 0 Å². The van der Waals surface area contributed by atoms with Crippen molar-refractivity contribution >= 4 is 17.1 Å². The van der Waals surface area contributed by atoms with Gasteiger partial charge in [-0.1, -0.05) is 26.0 Å². The van der Waals surface area contributed by atoms with Crippen molar-refractivity contribution in [3.8, 4) is 0 Å². The highest BCUT2D eigenvalue weighted by atomic mass is 16.1. The Morgan fingerprint density at radius 3 is 2.86 bits per heavy atom. The van der Waals surface area contributed by atoms with Crippen molar-refractivity contribution in [2.24, 2.45) is 0 Å². The van der Waals surface area contributed by atoms with Gasteiger partial charge in [-0.15, -0.1) is 0 Å². The maximum Gasteiger partial charge on any atom is 0.224 e. The maximum absolute atomic E-state index is 12.2. The molecule has 1 aliphatic heterocycles. The number of imidazole rings is 1. The normalized spacial score (nSPS) is 18.7. The summed E-state index contributed by atoms with van der Waals surface area (Å²) in [6, 6.07) is 2.06. The summed E-state index contributed by atoms with van der Waals surface area (Å²) in [5.41, 5.74) is 4.61. The smallest absolute Gasteiger partial charge is 0.224 e. The van der Waals surface area contributed by atoms with E-state index in [0.717, 1.165) is 46.7 Å². The Hall–Kier alpha value is -2.17. The van der Waals surface area contributed by atoms with Crippen molar-refractivity contribution < 1.29 is 4.79 Å². The summed E-state index contributed by atoms with van der Waals surface area (Å²) in [5.74, 6) is 1.29. The molecular formula is C17H22N4O. The number of H-pyrrole nitrogens is 1. The molecular weight excluding hydrogens is 276 g/mol. The van der Waals surface area contributed by atoms with Gasteiger partial charge in [-0.3, -0.25) is 4.79 Å². The molecule has 0 radical (unpaired) electrons. The summed E-state index contributed by atoms with van der Waals surface area (Å²) in [6.45, 7) is 10.1. The summed E-state index contributed by atoms with van der Waals surface area (Å²) in [6.07, 6.45) is 2.01. The van der Waals surface area contributed by atoms with E-state index in [1.54, 1.807) is 0 Å². The summed E-state index contributed by atoms with van der Waals surface area (Å²) >= 11 is 0. The fourth-order valence-electron chi connectivity index (χ4n) is 2.82. The van der Waals surface area contributed by atoms with Crippen LogP contribution in [-0.2, 0) is 17.6 Å². The zero-order valence-electron chi connectivity index (χ0n) is 13.4. The number of aryl methyl sites for hydroxylation is 1. The Kier molecular flexibility index (Phi) is 3.72. The van der Waals surface area contributed by atoms with Crippen LogP contribution >= 0.6 is 0 Å². The SMILES string of the molecule is C=C(C)C1CCc2nc3nc(C(C)C)[nH]c3cc2CC(=O)N1. The number of aromatic nitrogens is 3. The number of carbonyl (C=O) groups is 1. The number of amides is 1. The zero-order chi connectivity index (χ0) is 15.9. The molecule has 0 saturated carbocycles. The molecule has 0 aliphatic carbocycles. The van der Waals surface area contributed by atoms with E-state index in [1.165, 1.54) is 0 Å². The lowest BCUT2D eigenvalue weighted by molar-refractivity contribution is -0.121. The Morgan fingerprint density at radius 1 is 1.41 bits per heavy atom. The number of aromatic amines is 1. The molecule has 22 heavy (non-hydrogen) atoms. The van der Waals surface area contributed by atoms with E-state index < -0.39 is 0 Å². The van der Waals surface area contributed by atoms with Crippen molar-refractivity contribution in [2.45, 2.75) is 52.0 Å². The van der Waals surface area contributed by atoms with E-state index in [2.05, 4.69) is 35.7 Å². The average Bonchev–Trinajstić information content (AvgIpc) is 2.83. The largest absolute Gasteiger partial charge is 0.349 e. The predicted molar refractivity (Wildman–Crippen MR) is 86.7 cm³/mol. The van der Waals surface area contributed by atoms with E-state index in [9.17, 15) is 4.79 Å². The molecule has 2 aromatic rings. The average molecular weight is 298 g/mol. The molecule has 5 nitrogen and oxygen atoms in total. The van der Waals surface area contributed by atoms with Gasteiger partial charge >= 0.3 is 0 Å². The molecule has 116 valence electrons. The first kappa shape index (κ1) is 14.8. The highest BCUT2D eigenvalue weighted by molar-refractivity contribution is 5.81. The van der Waals surface area contributed by atoms with Gasteiger partial charge in [0.1, 0.15) is 5.82 Å². The molecule has 1 atom stereocenters. The Morgan fingerprint density at radius 2 is 2.18 bits per heavy atom. The minimum absolute atomic E-state index is 0.0266. The second kappa shape index (κ2) is 5.55. The van der Waals surface area contributed by atoms with Crippen LogP contribution in [0.4, 0.5) is 0 Å². The van der Waals surface area contributed by atoms with Crippen molar-refractivity contribution in [1.82, 2.24) is 20.3 Å². The second-order valence-corrected chi connectivity index (χ2v) is 6.42. The molecule has 0 saturated heterocycles. The maximum atomic E-state index is 12.2. The topological polar surface area (TPSA) is 70.7 Å². The Bertz CT molecular complexity index is 744. The number of hydrogen-bond acceptors (Lipinski definition) is 3.